The highest BCUT2D eigenvalue weighted by atomic mass is 32.2. The number of aliphatic imine (C=N–C) groups is 1. The van der Waals surface area contributed by atoms with E-state index >= 15 is 0 Å². The molecular weight excluding hydrogens is 428 g/mol. The van der Waals surface area contributed by atoms with E-state index < -0.39 is 16.0 Å². The van der Waals surface area contributed by atoms with Crippen molar-refractivity contribution < 1.29 is 22.1 Å². The minimum Gasteiger partial charge on any atom is -0.490 e. The minimum absolute atomic E-state index is 0.0490. The van der Waals surface area contributed by atoms with Gasteiger partial charge in [-0.1, -0.05) is 19.4 Å². The predicted octanol–water partition coefficient (Wildman–Crippen LogP) is 3.23. The van der Waals surface area contributed by atoms with Crippen LogP contribution in [0.2, 0.25) is 0 Å². The molecule has 1 aromatic carbocycles. The monoisotopic (exact) mass is 450 g/mol. The third-order valence-corrected chi connectivity index (χ3v) is 5.51. The van der Waals surface area contributed by atoms with E-state index in [9.17, 15) is 13.2 Å². The highest BCUT2D eigenvalue weighted by Crippen LogP contribution is 2.33. The Morgan fingerprint density at radius 2 is 2.03 bits per heavy atom. The lowest BCUT2D eigenvalue weighted by molar-refractivity contribution is -0.114. The Bertz CT molecular complexity index is 1080. The number of hydrazone groups is 1. The standard InChI is InChI=1S/C19H22N4O5S2/c1-4-6-7-16-22-23-17(20)13(18(24)21-19(23)29-16)10-12-8-9-14(28-30(3,25)26)15(11-12)27-5-2/h8-11,20H,4-7H2,1-3H3. The number of benzene rings is 1. The lowest BCUT2D eigenvalue weighted by Crippen LogP contribution is -2.35. The molecule has 3 rings (SSSR count). The molecule has 1 aromatic rings. The molecule has 0 fully saturated rings. The number of carbonyl (C=O) groups is 1. The molecule has 2 heterocycles. The summed E-state index contributed by atoms with van der Waals surface area (Å²) in [4.78, 5) is 16.6. The van der Waals surface area contributed by atoms with Crippen LogP contribution >= 0.6 is 11.8 Å². The molecule has 0 aliphatic carbocycles. The van der Waals surface area contributed by atoms with E-state index in [1.54, 1.807) is 19.1 Å². The fourth-order valence-electron chi connectivity index (χ4n) is 2.74. The average molecular weight is 451 g/mol. The van der Waals surface area contributed by atoms with Gasteiger partial charge in [-0.25, -0.2) is 0 Å². The van der Waals surface area contributed by atoms with Gasteiger partial charge in [-0.2, -0.15) is 23.5 Å². The normalized spacial score (nSPS) is 17.7. The SMILES string of the molecule is CCCCC1=NN2C(=N)C(=Cc3ccc(OS(C)(=O)=O)c(OCC)c3)C(=O)N=C2S1. The molecule has 2 aliphatic heterocycles. The number of rotatable bonds is 8. The van der Waals surface area contributed by atoms with Gasteiger partial charge in [-0.05, 0) is 55.3 Å². The van der Waals surface area contributed by atoms with E-state index in [0.29, 0.717) is 17.3 Å². The van der Waals surface area contributed by atoms with Crippen LogP contribution in [0.15, 0.2) is 33.9 Å². The van der Waals surface area contributed by atoms with Gasteiger partial charge >= 0.3 is 10.1 Å². The van der Waals surface area contributed by atoms with E-state index in [1.165, 1.54) is 28.9 Å². The van der Waals surface area contributed by atoms with Crippen molar-refractivity contribution in [2.75, 3.05) is 12.9 Å². The first kappa shape index (κ1) is 22.0. The Hall–Kier alpha value is -2.66. The Morgan fingerprint density at radius 1 is 1.27 bits per heavy atom. The lowest BCUT2D eigenvalue weighted by Gasteiger charge is -2.20. The zero-order valence-corrected chi connectivity index (χ0v) is 18.5. The number of thioether (sulfide) groups is 1. The Kier molecular flexibility index (Phi) is 6.61. The number of ether oxygens (including phenoxy) is 1. The van der Waals surface area contributed by atoms with E-state index in [4.69, 9.17) is 14.3 Å². The Balaban J connectivity index is 1.91. The summed E-state index contributed by atoms with van der Waals surface area (Å²) in [5, 5.41) is 15.4. The lowest BCUT2D eigenvalue weighted by atomic mass is 10.1. The highest BCUT2D eigenvalue weighted by molar-refractivity contribution is 8.26. The molecule has 0 bridgehead atoms. The number of carbonyl (C=O) groups excluding carboxylic acids is 1. The van der Waals surface area contributed by atoms with Crippen molar-refractivity contribution in [1.82, 2.24) is 5.01 Å². The van der Waals surface area contributed by atoms with E-state index in [-0.39, 0.29) is 22.9 Å². The van der Waals surface area contributed by atoms with Crippen molar-refractivity contribution in [3.05, 3.63) is 29.3 Å². The van der Waals surface area contributed by atoms with Crippen LogP contribution in [0.5, 0.6) is 11.5 Å². The second kappa shape index (κ2) is 9.00. The molecule has 0 saturated carbocycles. The van der Waals surface area contributed by atoms with Crippen molar-refractivity contribution in [2.45, 2.75) is 33.1 Å². The maximum absolute atomic E-state index is 12.5. The van der Waals surface area contributed by atoms with Crippen molar-refractivity contribution in [3.63, 3.8) is 0 Å². The van der Waals surface area contributed by atoms with E-state index in [2.05, 4.69) is 17.0 Å². The largest absolute Gasteiger partial charge is 0.490 e. The highest BCUT2D eigenvalue weighted by Gasteiger charge is 2.35. The van der Waals surface area contributed by atoms with Gasteiger partial charge in [0, 0.05) is 0 Å². The molecule has 160 valence electrons. The number of nitrogens with one attached hydrogen (secondary N) is 1. The first-order chi connectivity index (χ1) is 14.2. The molecule has 11 heteroatoms. The van der Waals surface area contributed by atoms with Gasteiger partial charge < -0.3 is 8.92 Å². The quantitative estimate of drug-likeness (QED) is 0.477. The van der Waals surface area contributed by atoms with Crippen molar-refractivity contribution in [3.8, 4) is 11.5 Å². The molecule has 1 amide bonds. The maximum atomic E-state index is 12.5. The molecule has 30 heavy (non-hydrogen) atoms. The van der Waals surface area contributed by atoms with Crippen molar-refractivity contribution in [1.29, 1.82) is 5.41 Å². The van der Waals surface area contributed by atoms with Crippen LogP contribution in [0.1, 0.15) is 38.7 Å². The molecule has 0 saturated heterocycles. The van der Waals surface area contributed by atoms with Crippen LogP contribution in [0, 0.1) is 5.41 Å². The molecule has 2 aliphatic rings. The van der Waals surface area contributed by atoms with Crippen LogP contribution in [-0.2, 0) is 14.9 Å². The van der Waals surface area contributed by atoms with Crippen LogP contribution in [-0.4, -0.2) is 48.2 Å². The van der Waals surface area contributed by atoms with E-state index in [0.717, 1.165) is 30.6 Å². The molecule has 0 atom stereocenters. The van der Waals surface area contributed by atoms with Gasteiger partial charge in [0.15, 0.2) is 17.3 Å². The summed E-state index contributed by atoms with van der Waals surface area (Å²) >= 11 is 1.31. The number of amidine groups is 2. The zero-order chi connectivity index (χ0) is 21.9. The number of nitrogens with zero attached hydrogens (tertiary/aromatic N) is 3. The molecule has 0 unspecified atom stereocenters. The second-order valence-corrected chi connectivity index (χ2v) is 9.16. The van der Waals surface area contributed by atoms with Gasteiger partial charge in [0.2, 0.25) is 5.17 Å². The summed E-state index contributed by atoms with van der Waals surface area (Å²) in [6, 6.07) is 4.56. The number of fused-ring (bicyclic) bond motifs is 1. The number of amides is 1. The van der Waals surface area contributed by atoms with Crippen molar-refractivity contribution >= 4 is 49.9 Å². The minimum atomic E-state index is -3.72. The molecular formula is C19H22N4O5S2. The summed E-state index contributed by atoms with van der Waals surface area (Å²) in [5.74, 6) is -0.320. The third kappa shape index (κ3) is 5.08. The number of hydrogen-bond acceptors (Lipinski definition) is 8. The summed E-state index contributed by atoms with van der Waals surface area (Å²) in [6.07, 6.45) is 5.21. The number of hydrogen-bond donors (Lipinski definition) is 1. The summed E-state index contributed by atoms with van der Waals surface area (Å²) in [6.45, 7) is 4.13. The fraction of sp³-hybridized carbons (Fsp3) is 0.368. The smallest absolute Gasteiger partial charge is 0.306 e. The number of unbranched alkanes of at least 4 members (excludes halogenated alkanes) is 1. The van der Waals surface area contributed by atoms with Gasteiger partial charge in [-0.3, -0.25) is 10.2 Å². The predicted molar refractivity (Wildman–Crippen MR) is 118 cm³/mol. The second-order valence-electron chi connectivity index (χ2n) is 6.54. The van der Waals surface area contributed by atoms with Crippen LogP contribution in [0.4, 0.5) is 0 Å². The first-order valence-electron chi connectivity index (χ1n) is 9.37. The molecule has 0 spiro atoms. The van der Waals surface area contributed by atoms with Crippen LogP contribution in [0.25, 0.3) is 6.08 Å². The molecule has 0 aromatic heterocycles. The van der Waals surface area contributed by atoms with Crippen molar-refractivity contribution in [2.24, 2.45) is 10.1 Å². The van der Waals surface area contributed by atoms with Crippen LogP contribution in [0.3, 0.4) is 0 Å². The molecule has 9 nitrogen and oxygen atoms in total. The zero-order valence-electron chi connectivity index (χ0n) is 16.8. The Morgan fingerprint density at radius 3 is 2.70 bits per heavy atom. The summed E-state index contributed by atoms with van der Waals surface area (Å²) in [7, 11) is -3.72. The van der Waals surface area contributed by atoms with Gasteiger partial charge in [0.25, 0.3) is 5.91 Å². The molecule has 0 radical (unpaired) electrons. The maximum Gasteiger partial charge on any atom is 0.306 e. The third-order valence-electron chi connectivity index (χ3n) is 4.06. The summed E-state index contributed by atoms with van der Waals surface area (Å²) < 4.78 is 33.3. The van der Waals surface area contributed by atoms with Gasteiger partial charge in [0.1, 0.15) is 5.04 Å². The fourth-order valence-corrected chi connectivity index (χ4v) is 4.13. The van der Waals surface area contributed by atoms with Crippen LogP contribution < -0.4 is 8.92 Å². The topological polar surface area (TPSA) is 121 Å². The first-order valence-corrected chi connectivity index (χ1v) is 12.0. The average Bonchev–Trinajstić information content (AvgIpc) is 3.07. The van der Waals surface area contributed by atoms with Gasteiger partial charge in [-0.15, -0.1) is 0 Å². The summed E-state index contributed by atoms with van der Waals surface area (Å²) in [5.41, 5.74) is 0.618. The Labute approximate surface area is 179 Å². The molecule has 1 N–H and O–H groups in total. The van der Waals surface area contributed by atoms with Gasteiger partial charge in [0.05, 0.1) is 18.4 Å². The van der Waals surface area contributed by atoms with E-state index in [1.807, 2.05) is 0 Å².